The lowest BCUT2D eigenvalue weighted by Gasteiger charge is -2.30. The molecular weight excluding hydrogens is 258 g/mol. The summed E-state index contributed by atoms with van der Waals surface area (Å²) in [6, 6.07) is 2.48. The summed E-state index contributed by atoms with van der Waals surface area (Å²) in [5.74, 6) is 1.82. The van der Waals surface area contributed by atoms with E-state index < -0.39 is 0 Å². The molecule has 2 rings (SSSR count). The van der Waals surface area contributed by atoms with Gasteiger partial charge in [-0.15, -0.1) is 0 Å². The Morgan fingerprint density at radius 2 is 2.21 bits per heavy atom. The van der Waals surface area contributed by atoms with E-state index in [0.717, 1.165) is 29.9 Å². The number of nitrogens with one attached hydrogen (secondary N) is 2. The maximum atomic E-state index is 4.54. The molecule has 2 N–H and O–H groups in total. The Kier molecular flexibility index (Phi) is 5.27. The number of likely N-dealkylation sites (N-methyl/N-ethyl adjacent to an activating group) is 1. The summed E-state index contributed by atoms with van der Waals surface area (Å²) in [5.41, 5.74) is 0. The van der Waals surface area contributed by atoms with Crippen molar-refractivity contribution in [3.05, 3.63) is 6.07 Å². The van der Waals surface area contributed by atoms with E-state index in [1.165, 1.54) is 19.4 Å². The third-order valence-corrected chi connectivity index (χ3v) is 3.77. The van der Waals surface area contributed by atoms with Crippen molar-refractivity contribution in [2.45, 2.75) is 31.0 Å². The second-order valence-electron chi connectivity index (χ2n) is 4.90. The van der Waals surface area contributed by atoms with E-state index in [9.17, 15) is 0 Å². The Labute approximate surface area is 119 Å². The molecule has 1 saturated heterocycles. The summed E-state index contributed by atoms with van der Waals surface area (Å²) in [6.07, 6.45) is 4.46. The van der Waals surface area contributed by atoms with E-state index in [2.05, 4.69) is 39.5 Å². The Balaban J connectivity index is 2.07. The van der Waals surface area contributed by atoms with Crippen LogP contribution in [0.15, 0.2) is 11.2 Å². The highest BCUT2D eigenvalue weighted by Crippen LogP contribution is 2.19. The number of hydrogen-bond acceptors (Lipinski definition) is 6. The second-order valence-corrected chi connectivity index (χ2v) is 5.67. The summed E-state index contributed by atoms with van der Waals surface area (Å²) in [4.78, 5) is 11.3. The SMILES string of the molecule is CCNc1cc(NC2CCCN(C)C2)nc(SC)n1. The standard InChI is InChI=1S/C13H23N5S/c1-4-14-11-8-12(17-13(16-11)19-3)15-10-6-5-7-18(2)9-10/h8,10H,4-7,9H2,1-3H3,(H2,14,15,16,17). The fourth-order valence-electron chi connectivity index (χ4n) is 2.36. The molecule has 1 fully saturated rings. The van der Waals surface area contributed by atoms with Gasteiger partial charge in [0.15, 0.2) is 5.16 Å². The molecule has 0 amide bonds. The Hall–Kier alpha value is -1.01. The number of anilines is 2. The van der Waals surface area contributed by atoms with Crippen LogP contribution < -0.4 is 10.6 Å². The Bertz CT molecular complexity index is 412. The Morgan fingerprint density at radius 3 is 2.89 bits per heavy atom. The first-order valence-corrected chi connectivity index (χ1v) is 8.05. The minimum absolute atomic E-state index is 0.484. The van der Waals surface area contributed by atoms with Crippen molar-refractivity contribution in [2.24, 2.45) is 0 Å². The highest BCUT2D eigenvalue weighted by atomic mass is 32.2. The minimum Gasteiger partial charge on any atom is -0.370 e. The third-order valence-electron chi connectivity index (χ3n) is 3.22. The molecule has 0 radical (unpaired) electrons. The van der Waals surface area contributed by atoms with Gasteiger partial charge in [-0.3, -0.25) is 0 Å². The molecule has 6 heteroatoms. The summed E-state index contributed by atoms with van der Waals surface area (Å²) in [5, 5.41) is 7.60. The molecule has 0 aromatic carbocycles. The molecule has 0 saturated carbocycles. The topological polar surface area (TPSA) is 53.1 Å². The van der Waals surface area contributed by atoms with Crippen molar-refractivity contribution in [1.29, 1.82) is 0 Å². The molecule has 0 spiro atoms. The summed E-state index contributed by atoms with van der Waals surface area (Å²) in [7, 11) is 2.17. The minimum atomic E-state index is 0.484. The van der Waals surface area contributed by atoms with Crippen LogP contribution in [0.3, 0.4) is 0 Å². The molecular formula is C13H23N5S. The van der Waals surface area contributed by atoms with Crippen molar-refractivity contribution in [1.82, 2.24) is 14.9 Å². The van der Waals surface area contributed by atoms with Crippen LogP contribution in [0.2, 0.25) is 0 Å². The molecule has 2 heterocycles. The monoisotopic (exact) mass is 281 g/mol. The number of thioether (sulfide) groups is 1. The quantitative estimate of drug-likeness (QED) is 0.637. The van der Waals surface area contributed by atoms with Crippen LogP contribution in [0, 0.1) is 0 Å². The zero-order chi connectivity index (χ0) is 13.7. The lowest BCUT2D eigenvalue weighted by atomic mass is 10.1. The zero-order valence-electron chi connectivity index (χ0n) is 11.9. The molecule has 1 aromatic heterocycles. The molecule has 0 bridgehead atoms. The first-order valence-electron chi connectivity index (χ1n) is 6.83. The third kappa shape index (κ3) is 4.24. The number of hydrogen-bond donors (Lipinski definition) is 2. The highest BCUT2D eigenvalue weighted by Gasteiger charge is 2.17. The van der Waals surface area contributed by atoms with Crippen molar-refractivity contribution in [3.8, 4) is 0 Å². The molecule has 1 aliphatic rings. The predicted molar refractivity (Wildman–Crippen MR) is 82.1 cm³/mol. The van der Waals surface area contributed by atoms with Gasteiger partial charge in [0.05, 0.1) is 0 Å². The van der Waals surface area contributed by atoms with Gasteiger partial charge in [-0.2, -0.15) is 0 Å². The van der Waals surface area contributed by atoms with E-state index in [0.29, 0.717) is 6.04 Å². The van der Waals surface area contributed by atoms with Crippen molar-refractivity contribution < 1.29 is 0 Å². The molecule has 106 valence electrons. The highest BCUT2D eigenvalue weighted by molar-refractivity contribution is 7.98. The maximum Gasteiger partial charge on any atom is 0.191 e. The molecule has 1 aromatic rings. The number of nitrogens with zero attached hydrogens (tertiary/aromatic N) is 3. The lowest BCUT2D eigenvalue weighted by molar-refractivity contribution is 0.260. The molecule has 0 aliphatic carbocycles. The van der Waals surface area contributed by atoms with Crippen LogP contribution in [0.25, 0.3) is 0 Å². The first kappa shape index (κ1) is 14.4. The van der Waals surface area contributed by atoms with Gasteiger partial charge in [0, 0.05) is 25.2 Å². The van der Waals surface area contributed by atoms with Gasteiger partial charge in [0.1, 0.15) is 11.6 Å². The molecule has 5 nitrogen and oxygen atoms in total. The van der Waals surface area contributed by atoms with Crippen molar-refractivity contribution in [3.63, 3.8) is 0 Å². The predicted octanol–water partition coefficient (Wildman–Crippen LogP) is 2.14. The zero-order valence-corrected chi connectivity index (χ0v) is 12.8. The molecule has 1 unspecified atom stereocenters. The summed E-state index contributed by atoms with van der Waals surface area (Å²) in [6.45, 7) is 5.22. The first-order chi connectivity index (χ1) is 9.21. The van der Waals surface area contributed by atoms with Crippen LogP contribution in [0.4, 0.5) is 11.6 Å². The molecule has 1 aliphatic heterocycles. The second kappa shape index (κ2) is 6.96. The fraction of sp³-hybridized carbons (Fsp3) is 0.692. The van der Waals surface area contributed by atoms with Crippen LogP contribution in [-0.2, 0) is 0 Å². The van der Waals surface area contributed by atoms with E-state index in [1.807, 2.05) is 12.3 Å². The Morgan fingerprint density at radius 1 is 1.42 bits per heavy atom. The van der Waals surface area contributed by atoms with E-state index >= 15 is 0 Å². The van der Waals surface area contributed by atoms with E-state index in [1.54, 1.807) is 11.8 Å². The van der Waals surface area contributed by atoms with Crippen molar-refractivity contribution >= 4 is 23.4 Å². The van der Waals surface area contributed by atoms with Gasteiger partial charge in [-0.05, 0) is 39.6 Å². The number of piperidine rings is 1. The van der Waals surface area contributed by atoms with Gasteiger partial charge in [-0.25, -0.2) is 9.97 Å². The smallest absolute Gasteiger partial charge is 0.191 e. The van der Waals surface area contributed by atoms with Crippen LogP contribution >= 0.6 is 11.8 Å². The largest absolute Gasteiger partial charge is 0.370 e. The van der Waals surface area contributed by atoms with Gasteiger partial charge >= 0.3 is 0 Å². The van der Waals surface area contributed by atoms with Crippen LogP contribution in [-0.4, -0.2) is 53.8 Å². The van der Waals surface area contributed by atoms with Gasteiger partial charge in [-0.1, -0.05) is 11.8 Å². The summed E-state index contributed by atoms with van der Waals surface area (Å²) >= 11 is 1.57. The normalized spacial score (nSPS) is 20.3. The average molecular weight is 281 g/mol. The number of aromatic nitrogens is 2. The van der Waals surface area contributed by atoms with Crippen LogP contribution in [0.1, 0.15) is 19.8 Å². The van der Waals surface area contributed by atoms with Crippen molar-refractivity contribution in [2.75, 3.05) is 43.6 Å². The van der Waals surface area contributed by atoms with Crippen LogP contribution in [0.5, 0.6) is 0 Å². The van der Waals surface area contributed by atoms with E-state index in [4.69, 9.17) is 0 Å². The molecule has 1 atom stereocenters. The molecule has 19 heavy (non-hydrogen) atoms. The van der Waals surface area contributed by atoms with Gasteiger partial charge < -0.3 is 15.5 Å². The summed E-state index contributed by atoms with van der Waals surface area (Å²) < 4.78 is 0. The lowest BCUT2D eigenvalue weighted by Crippen LogP contribution is -2.39. The van der Waals surface area contributed by atoms with E-state index in [-0.39, 0.29) is 0 Å². The average Bonchev–Trinajstić information content (AvgIpc) is 2.39. The van der Waals surface area contributed by atoms with Gasteiger partial charge in [0.25, 0.3) is 0 Å². The maximum absolute atomic E-state index is 4.54. The fourth-order valence-corrected chi connectivity index (χ4v) is 2.73. The van der Waals surface area contributed by atoms with Gasteiger partial charge in [0.2, 0.25) is 0 Å². The number of rotatable bonds is 5. The number of likely N-dealkylation sites (tertiary alicyclic amines) is 1.